The monoisotopic (exact) mass is 308 g/mol. The summed E-state index contributed by atoms with van der Waals surface area (Å²) in [4.78, 5) is 12.6. The van der Waals surface area contributed by atoms with Crippen molar-refractivity contribution in [2.75, 3.05) is 12.1 Å². The summed E-state index contributed by atoms with van der Waals surface area (Å²) in [6.45, 7) is 1.79. The number of anilines is 1. The molecule has 0 atom stereocenters. The standard InChI is InChI=1S/C18H16N2O3/c1-12-15(10-13-8-9-17(23-2)16(21)11-13)18(22)20(19-12)14-6-4-3-5-7-14/h3-11,21H,1-2H3/b15-10+. The quantitative estimate of drug-likeness (QED) is 0.886. The van der Waals surface area contributed by atoms with Gasteiger partial charge in [0.2, 0.25) is 0 Å². The Labute approximate surface area is 134 Å². The fourth-order valence-electron chi connectivity index (χ4n) is 2.39. The van der Waals surface area contributed by atoms with Crippen LogP contribution in [0.5, 0.6) is 11.5 Å². The number of hydrogen-bond acceptors (Lipinski definition) is 4. The number of methoxy groups -OCH3 is 1. The number of amides is 1. The third-order valence-electron chi connectivity index (χ3n) is 3.58. The van der Waals surface area contributed by atoms with Crippen LogP contribution in [-0.4, -0.2) is 23.8 Å². The Morgan fingerprint density at radius 2 is 1.91 bits per heavy atom. The highest BCUT2D eigenvalue weighted by atomic mass is 16.5. The molecule has 1 heterocycles. The van der Waals surface area contributed by atoms with Crippen LogP contribution in [0.4, 0.5) is 5.69 Å². The van der Waals surface area contributed by atoms with Crippen LogP contribution >= 0.6 is 0 Å². The second-order valence-electron chi connectivity index (χ2n) is 5.13. The zero-order valence-electron chi connectivity index (χ0n) is 12.9. The molecule has 0 fully saturated rings. The van der Waals surface area contributed by atoms with Crippen molar-refractivity contribution in [3.05, 3.63) is 59.7 Å². The third kappa shape index (κ3) is 2.81. The van der Waals surface area contributed by atoms with Crippen molar-refractivity contribution in [1.82, 2.24) is 0 Å². The lowest BCUT2D eigenvalue weighted by Crippen LogP contribution is -2.21. The first-order chi connectivity index (χ1) is 11.1. The van der Waals surface area contributed by atoms with Gasteiger partial charge in [0.25, 0.3) is 5.91 Å². The Kier molecular flexibility index (Phi) is 3.85. The second kappa shape index (κ2) is 5.96. The number of hydrazone groups is 1. The zero-order chi connectivity index (χ0) is 16.4. The van der Waals surface area contributed by atoms with E-state index in [-0.39, 0.29) is 11.7 Å². The van der Waals surface area contributed by atoms with Crippen molar-refractivity contribution >= 4 is 23.4 Å². The highest BCUT2D eigenvalue weighted by Gasteiger charge is 2.28. The summed E-state index contributed by atoms with van der Waals surface area (Å²) in [5, 5.41) is 15.5. The van der Waals surface area contributed by atoms with Crippen LogP contribution in [0, 0.1) is 0 Å². The van der Waals surface area contributed by atoms with Gasteiger partial charge in [0.15, 0.2) is 11.5 Å². The van der Waals surface area contributed by atoms with Gasteiger partial charge in [0.1, 0.15) is 0 Å². The van der Waals surface area contributed by atoms with E-state index in [0.717, 1.165) is 5.69 Å². The van der Waals surface area contributed by atoms with Gasteiger partial charge in [0.05, 0.1) is 24.1 Å². The first-order valence-corrected chi connectivity index (χ1v) is 7.14. The van der Waals surface area contributed by atoms with E-state index in [9.17, 15) is 9.90 Å². The average molecular weight is 308 g/mol. The molecule has 1 amide bonds. The van der Waals surface area contributed by atoms with Gasteiger partial charge in [-0.2, -0.15) is 10.1 Å². The van der Waals surface area contributed by atoms with Gasteiger partial charge in [-0.3, -0.25) is 4.79 Å². The third-order valence-corrected chi connectivity index (χ3v) is 3.58. The van der Waals surface area contributed by atoms with Crippen molar-refractivity contribution in [2.45, 2.75) is 6.92 Å². The fourth-order valence-corrected chi connectivity index (χ4v) is 2.39. The van der Waals surface area contributed by atoms with E-state index in [1.807, 2.05) is 30.3 Å². The minimum absolute atomic E-state index is 0.0294. The lowest BCUT2D eigenvalue weighted by Gasteiger charge is -2.11. The maximum absolute atomic E-state index is 12.6. The number of rotatable bonds is 3. The van der Waals surface area contributed by atoms with Crippen LogP contribution in [0.2, 0.25) is 0 Å². The fraction of sp³-hybridized carbons (Fsp3) is 0.111. The summed E-state index contributed by atoms with van der Waals surface area (Å²) < 4.78 is 5.02. The van der Waals surface area contributed by atoms with Crippen molar-refractivity contribution in [3.8, 4) is 11.5 Å². The number of nitrogens with zero attached hydrogens (tertiary/aromatic N) is 2. The molecule has 1 aliphatic rings. The summed E-state index contributed by atoms with van der Waals surface area (Å²) in [6.07, 6.45) is 1.71. The summed E-state index contributed by atoms with van der Waals surface area (Å²) in [5.74, 6) is 0.229. The van der Waals surface area contributed by atoms with Gasteiger partial charge >= 0.3 is 0 Å². The molecule has 5 nitrogen and oxygen atoms in total. The van der Waals surface area contributed by atoms with Gasteiger partial charge in [0, 0.05) is 0 Å². The van der Waals surface area contributed by atoms with Crippen LogP contribution in [-0.2, 0) is 4.79 Å². The molecule has 3 rings (SSSR count). The molecule has 116 valence electrons. The molecule has 23 heavy (non-hydrogen) atoms. The molecule has 0 bridgehead atoms. The van der Waals surface area contributed by atoms with Crippen LogP contribution < -0.4 is 9.75 Å². The maximum Gasteiger partial charge on any atom is 0.280 e. The van der Waals surface area contributed by atoms with E-state index < -0.39 is 0 Å². The molecular formula is C18H16N2O3. The molecule has 0 saturated heterocycles. The molecule has 0 aliphatic carbocycles. The van der Waals surface area contributed by atoms with Crippen molar-refractivity contribution in [2.24, 2.45) is 5.10 Å². The number of hydrogen-bond donors (Lipinski definition) is 1. The highest BCUT2D eigenvalue weighted by molar-refractivity contribution is 6.32. The maximum atomic E-state index is 12.6. The Morgan fingerprint density at radius 1 is 1.17 bits per heavy atom. The van der Waals surface area contributed by atoms with E-state index in [1.165, 1.54) is 12.1 Å². The van der Waals surface area contributed by atoms with Gasteiger partial charge < -0.3 is 9.84 Å². The van der Waals surface area contributed by atoms with Crippen LogP contribution in [0.15, 0.2) is 59.2 Å². The number of aromatic hydroxyl groups is 1. The summed E-state index contributed by atoms with van der Waals surface area (Å²) in [7, 11) is 1.49. The molecule has 2 aromatic carbocycles. The van der Waals surface area contributed by atoms with Gasteiger partial charge in [-0.25, -0.2) is 0 Å². The van der Waals surface area contributed by atoms with E-state index >= 15 is 0 Å². The number of carbonyl (C=O) groups excluding carboxylic acids is 1. The Hall–Kier alpha value is -3.08. The molecule has 0 aromatic heterocycles. The largest absolute Gasteiger partial charge is 0.504 e. The van der Waals surface area contributed by atoms with Gasteiger partial charge in [-0.15, -0.1) is 0 Å². The summed E-state index contributed by atoms with van der Waals surface area (Å²) in [6, 6.07) is 14.2. The van der Waals surface area contributed by atoms with E-state index in [4.69, 9.17) is 4.74 Å². The Bertz CT molecular complexity index is 810. The smallest absolute Gasteiger partial charge is 0.280 e. The number of para-hydroxylation sites is 1. The molecule has 1 aliphatic heterocycles. The predicted molar refractivity (Wildman–Crippen MR) is 89.7 cm³/mol. The highest BCUT2D eigenvalue weighted by Crippen LogP contribution is 2.29. The lowest BCUT2D eigenvalue weighted by molar-refractivity contribution is -0.114. The first-order valence-electron chi connectivity index (χ1n) is 7.14. The SMILES string of the molecule is COc1ccc(/C=C2/C(=O)N(c3ccccc3)N=C2C)cc1O. The number of carbonyl (C=O) groups is 1. The molecule has 1 N–H and O–H groups in total. The number of ether oxygens (including phenoxy) is 1. The lowest BCUT2D eigenvalue weighted by atomic mass is 10.1. The Balaban J connectivity index is 1.94. The molecule has 2 aromatic rings. The topological polar surface area (TPSA) is 62.1 Å². The normalized spacial score (nSPS) is 15.9. The number of phenolic OH excluding ortho intramolecular Hbond substituents is 1. The molecule has 5 heteroatoms. The van der Waals surface area contributed by atoms with Crippen molar-refractivity contribution < 1.29 is 14.6 Å². The predicted octanol–water partition coefficient (Wildman–Crippen LogP) is 3.21. The van der Waals surface area contributed by atoms with E-state index in [2.05, 4.69) is 5.10 Å². The van der Waals surface area contributed by atoms with Crippen molar-refractivity contribution in [3.63, 3.8) is 0 Å². The van der Waals surface area contributed by atoms with Crippen LogP contribution in [0.1, 0.15) is 12.5 Å². The van der Waals surface area contributed by atoms with Gasteiger partial charge in [-0.1, -0.05) is 24.3 Å². The first kappa shape index (κ1) is 14.8. The summed E-state index contributed by atoms with van der Waals surface area (Å²) in [5.41, 5.74) is 2.56. The van der Waals surface area contributed by atoms with Crippen LogP contribution in [0.3, 0.4) is 0 Å². The van der Waals surface area contributed by atoms with E-state index in [0.29, 0.717) is 22.6 Å². The molecule has 0 radical (unpaired) electrons. The average Bonchev–Trinajstić information content (AvgIpc) is 2.84. The van der Waals surface area contributed by atoms with Crippen LogP contribution in [0.25, 0.3) is 6.08 Å². The van der Waals surface area contributed by atoms with E-state index in [1.54, 1.807) is 31.2 Å². The zero-order valence-corrected chi connectivity index (χ0v) is 12.9. The molecule has 0 spiro atoms. The van der Waals surface area contributed by atoms with Crippen molar-refractivity contribution in [1.29, 1.82) is 0 Å². The minimum atomic E-state index is -0.191. The van der Waals surface area contributed by atoms with Gasteiger partial charge in [-0.05, 0) is 42.8 Å². The number of phenols is 1. The summed E-state index contributed by atoms with van der Waals surface area (Å²) >= 11 is 0. The number of benzene rings is 2. The molecular weight excluding hydrogens is 292 g/mol. The second-order valence-corrected chi connectivity index (χ2v) is 5.13. The molecule has 0 saturated carbocycles. The minimum Gasteiger partial charge on any atom is -0.504 e. The Morgan fingerprint density at radius 3 is 2.57 bits per heavy atom. The molecule has 0 unspecified atom stereocenters.